The molecule has 0 unspecified atom stereocenters. The fourth-order valence-corrected chi connectivity index (χ4v) is 2.64. The standard InChI is InChI=1S/C15H26N4OS.HI/c1-15(2,13(20)16-3)11-18-14(17-4)19(5)9-8-12-7-6-10-21-12;/h6-7,10H,8-9,11H2,1-5H3,(H,16,20)(H,17,18);1H. The van der Waals surface area contributed by atoms with Crippen molar-refractivity contribution in [3.8, 4) is 0 Å². The van der Waals surface area contributed by atoms with Gasteiger partial charge in [0.25, 0.3) is 0 Å². The predicted octanol–water partition coefficient (Wildman–Crippen LogP) is 2.19. The number of hydrogen-bond donors (Lipinski definition) is 2. The molecule has 0 spiro atoms. The minimum absolute atomic E-state index is 0. The SMILES string of the molecule is CN=C(NCC(C)(C)C(=O)NC)N(C)CCc1cccs1.I. The second-order valence-corrected chi connectivity index (χ2v) is 6.65. The van der Waals surface area contributed by atoms with Crippen LogP contribution in [0.2, 0.25) is 0 Å². The van der Waals surface area contributed by atoms with Gasteiger partial charge >= 0.3 is 0 Å². The minimum atomic E-state index is -0.473. The number of carbonyl (C=O) groups excluding carboxylic acids is 1. The van der Waals surface area contributed by atoms with E-state index in [1.807, 2.05) is 20.9 Å². The van der Waals surface area contributed by atoms with Crippen molar-refractivity contribution in [1.82, 2.24) is 15.5 Å². The maximum Gasteiger partial charge on any atom is 0.227 e. The largest absolute Gasteiger partial charge is 0.359 e. The van der Waals surface area contributed by atoms with E-state index < -0.39 is 5.41 Å². The van der Waals surface area contributed by atoms with Gasteiger partial charge < -0.3 is 15.5 Å². The number of nitrogens with one attached hydrogen (secondary N) is 2. The summed E-state index contributed by atoms with van der Waals surface area (Å²) >= 11 is 1.77. The molecule has 0 saturated carbocycles. The molecule has 0 aliphatic rings. The van der Waals surface area contributed by atoms with Crippen LogP contribution in [0.1, 0.15) is 18.7 Å². The Morgan fingerprint density at radius 2 is 2.14 bits per heavy atom. The number of rotatable bonds is 6. The molecule has 2 N–H and O–H groups in total. The second kappa shape index (κ2) is 10.0. The lowest BCUT2D eigenvalue weighted by Crippen LogP contribution is -2.48. The minimum Gasteiger partial charge on any atom is -0.359 e. The van der Waals surface area contributed by atoms with Gasteiger partial charge in [-0.05, 0) is 31.7 Å². The smallest absolute Gasteiger partial charge is 0.227 e. The molecule has 1 aromatic heterocycles. The van der Waals surface area contributed by atoms with Gasteiger partial charge in [-0.25, -0.2) is 0 Å². The van der Waals surface area contributed by atoms with Crippen molar-refractivity contribution in [1.29, 1.82) is 0 Å². The van der Waals surface area contributed by atoms with Crippen LogP contribution in [0.3, 0.4) is 0 Å². The lowest BCUT2D eigenvalue weighted by atomic mass is 9.92. The topological polar surface area (TPSA) is 56.7 Å². The van der Waals surface area contributed by atoms with Gasteiger partial charge in [-0.3, -0.25) is 9.79 Å². The Hall–Kier alpha value is -0.830. The van der Waals surface area contributed by atoms with E-state index >= 15 is 0 Å². The highest BCUT2D eigenvalue weighted by Crippen LogP contribution is 2.13. The lowest BCUT2D eigenvalue weighted by molar-refractivity contribution is -0.128. The van der Waals surface area contributed by atoms with Gasteiger partial charge in [0.1, 0.15) is 0 Å². The molecule has 0 aliphatic heterocycles. The van der Waals surface area contributed by atoms with Crippen molar-refractivity contribution in [2.24, 2.45) is 10.4 Å². The molecule has 0 fully saturated rings. The van der Waals surface area contributed by atoms with Gasteiger partial charge in [0.2, 0.25) is 5.91 Å². The first-order valence-electron chi connectivity index (χ1n) is 7.07. The summed E-state index contributed by atoms with van der Waals surface area (Å²) in [6, 6.07) is 4.21. The van der Waals surface area contributed by atoms with Crippen LogP contribution < -0.4 is 10.6 Å². The Bertz CT molecular complexity index is 474. The highest BCUT2D eigenvalue weighted by Gasteiger charge is 2.27. The van der Waals surface area contributed by atoms with Crippen LogP contribution in [0.15, 0.2) is 22.5 Å². The van der Waals surface area contributed by atoms with Crippen LogP contribution in [0.25, 0.3) is 0 Å². The number of likely N-dealkylation sites (N-methyl/N-ethyl adjacent to an activating group) is 1. The molecule has 1 heterocycles. The number of guanidine groups is 1. The van der Waals surface area contributed by atoms with Crippen LogP contribution >= 0.6 is 35.3 Å². The van der Waals surface area contributed by atoms with E-state index in [1.54, 1.807) is 25.4 Å². The number of halogens is 1. The summed E-state index contributed by atoms with van der Waals surface area (Å²) < 4.78 is 0. The zero-order valence-corrected chi connectivity index (χ0v) is 17.1. The average molecular weight is 438 g/mol. The molecule has 0 aliphatic carbocycles. The number of hydrogen-bond acceptors (Lipinski definition) is 3. The zero-order chi connectivity index (χ0) is 15.9. The van der Waals surface area contributed by atoms with E-state index in [0.717, 1.165) is 18.9 Å². The van der Waals surface area contributed by atoms with Gasteiger partial charge in [-0.1, -0.05) is 6.07 Å². The van der Waals surface area contributed by atoms with E-state index in [2.05, 4.69) is 38.0 Å². The van der Waals surface area contributed by atoms with E-state index in [4.69, 9.17) is 0 Å². The number of thiophene rings is 1. The molecular weight excluding hydrogens is 411 g/mol. The zero-order valence-electron chi connectivity index (χ0n) is 14.0. The van der Waals surface area contributed by atoms with Gasteiger partial charge in [-0.15, -0.1) is 35.3 Å². The highest BCUT2D eigenvalue weighted by molar-refractivity contribution is 14.0. The van der Waals surface area contributed by atoms with Crippen molar-refractivity contribution in [2.75, 3.05) is 34.2 Å². The van der Waals surface area contributed by atoms with Crippen molar-refractivity contribution in [2.45, 2.75) is 20.3 Å². The first kappa shape index (κ1) is 21.2. The van der Waals surface area contributed by atoms with Crippen LogP contribution in [-0.4, -0.2) is 51.0 Å². The first-order chi connectivity index (χ1) is 9.90. The summed E-state index contributed by atoms with van der Waals surface area (Å²) in [6.45, 7) is 5.26. The summed E-state index contributed by atoms with van der Waals surface area (Å²) in [7, 11) is 5.43. The number of amides is 1. The lowest BCUT2D eigenvalue weighted by Gasteiger charge is -2.27. The fourth-order valence-electron chi connectivity index (χ4n) is 1.94. The van der Waals surface area contributed by atoms with Gasteiger partial charge in [0.05, 0.1) is 5.41 Å². The van der Waals surface area contributed by atoms with Crippen molar-refractivity contribution in [3.05, 3.63) is 22.4 Å². The summed E-state index contributed by atoms with van der Waals surface area (Å²) in [5.74, 6) is 0.829. The Kier molecular flexibility index (Phi) is 9.66. The average Bonchev–Trinajstić information content (AvgIpc) is 2.97. The number of aliphatic imine (C=N–C) groups is 1. The third-order valence-electron chi connectivity index (χ3n) is 3.38. The number of nitrogens with zero attached hydrogens (tertiary/aromatic N) is 2. The highest BCUT2D eigenvalue weighted by atomic mass is 127. The second-order valence-electron chi connectivity index (χ2n) is 5.61. The third kappa shape index (κ3) is 6.51. The molecule has 7 heteroatoms. The molecule has 22 heavy (non-hydrogen) atoms. The summed E-state index contributed by atoms with van der Waals surface area (Å²) in [5.41, 5.74) is -0.473. The molecule has 1 amide bonds. The van der Waals surface area contributed by atoms with Crippen molar-refractivity contribution >= 4 is 47.2 Å². The molecule has 5 nitrogen and oxygen atoms in total. The summed E-state index contributed by atoms with van der Waals surface area (Å²) in [5, 5.41) is 8.05. The van der Waals surface area contributed by atoms with Gasteiger partial charge in [-0.2, -0.15) is 0 Å². The maximum absolute atomic E-state index is 11.8. The third-order valence-corrected chi connectivity index (χ3v) is 4.31. The summed E-state index contributed by atoms with van der Waals surface area (Å²) in [4.78, 5) is 19.5. The maximum atomic E-state index is 11.8. The predicted molar refractivity (Wildman–Crippen MR) is 105 cm³/mol. The molecule has 1 rings (SSSR count). The van der Waals surface area contributed by atoms with Crippen LogP contribution in [0.5, 0.6) is 0 Å². The van der Waals surface area contributed by atoms with Gasteiger partial charge in [0.15, 0.2) is 5.96 Å². The van der Waals surface area contributed by atoms with E-state index in [9.17, 15) is 4.79 Å². The van der Waals surface area contributed by atoms with Crippen LogP contribution in [-0.2, 0) is 11.2 Å². The molecular formula is C15H27IN4OS. The van der Waals surface area contributed by atoms with E-state index in [-0.39, 0.29) is 29.9 Å². The molecule has 0 atom stereocenters. The molecule has 0 bridgehead atoms. The quantitative estimate of drug-likeness (QED) is 0.407. The normalized spacial score (nSPS) is 11.6. The molecule has 1 aromatic rings. The Balaban J connectivity index is 0.00000441. The van der Waals surface area contributed by atoms with Crippen LogP contribution in [0, 0.1) is 5.41 Å². The molecule has 0 aromatic carbocycles. The molecule has 0 radical (unpaired) electrons. The van der Waals surface area contributed by atoms with E-state index in [0.29, 0.717) is 6.54 Å². The Morgan fingerprint density at radius 1 is 1.45 bits per heavy atom. The monoisotopic (exact) mass is 438 g/mol. The van der Waals surface area contributed by atoms with Gasteiger partial charge in [0, 0.05) is 39.1 Å². The number of carbonyl (C=O) groups is 1. The van der Waals surface area contributed by atoms with Crippen molar-refractivity contribution < 1.29 is 4.79 Å². The molecule has 126 valence electrons. The Morgan fingerprint density at radius 3 is 2.64 bits per heavy atom. The fraction of sp³-hybridized carbons (Fsp3) is 0.600. The van der Waals surface area contributed by atoms with Crippen molar-refractivity contribution in [3.63, 3.8) is 0 Å². The van der Waals surface area contributed by atoms with Crippen LogP contribution in [0.4, 0.5) is 0 Å². The Labute approximate surface area is 154 Å². The first-order valence-corrected chi connectivity index (χ1v) is 7.95. The summed E-state index contributed by atoms with van der Waals surface area (Å²) in [6.07, 6.45) is 0.994. The molecule has 0 saturated heterocycles. The van der Waals surface area contributed by atoms with E-state index in [1.165, 1.54) is 4.88 Å².